The van der Waals surface area contributed by atoms with Crippen LogP contribution in [0.2, 0.25) is 0 Å². The Balaban J connectivity index is 2.04. The number of aromatic nitrogens is 1. The van der Waals surface area contributed by atoms with Crippen LogP contribution >= 0.6 is 0 Å². The van der Waals surface area contributed by atoms with Crippen LogP contribution in [-0.4, -0.2) is 40.4 Å². The van der Waals surface area contributed by atoms with Gasteiger partial charge in [0, 0.05) is 29.8 Å². The summed E-state index contributed by atoms with van der Waals surface area (Å²) in [4.78, 5) is 24.3. The van der Waals surface area contributed by atoms with E-state index in [1.54, 1.807) is 13.0 Å². The van der Waals surface area contributed by atoms with Crippen LogP contribution in [0, 0.1) is 28.4 Å². The van der Waals surface area contributed by atoms with Gasteiger partial charge in [0.15, 0.2) is 11.3 Å². The molecule has 168 valence electrons. The molecule has 0 saturated heterocycles. The van der Waals surface area contributed by atoms with Crippen molar-refractivity contribution in [1.82, 2.24) is 5.16 Å². The maximum Gasteiger partial charge on any atom is 0.315 e. The van der Waals surface area contributed by atoms with Gasteiger partial charge >= 0.3 is 5.69 Å². The third-order valence-electron chi connectivity index (χ3n) is 4.86. The van der Waals surface area contributed by atoms with Gasteiger partial charge < -0.3 is 19.5 Å². The van der Waals surface area contributed by atoms with Gasteiger partial charge in [-0.15, -0.1) is 0 Å². The number of ether oxygens (including phenoxy) is 1. The number of phenols is 1. The van der Waals surface area contributed by atoms with Gasteiger partial charge in [0.1, 0.15) is 17.5 Å². The monoisotopic (exact) mass is 450 g/mol. The molecule has 0 aliphatic rings. The lowest BCUT2D eigenvalue weighted by Gasteiger charge is -2.15. The van der Waals surface area contributed by atoms with Crippen molar-refractivity contribution in [2.45, 2.75) is 6.92 Å². The van der Waals surface area contributed by atoms with E-state index in [0.717, 1.165) is 29.7 Å². The molecule has 3 rings (SSSR count). The highest BCUT2D eigenvalue weighted by molar-refractivity contribution is 6.12. The quantitative estimate of drug-likeness (QED) is 0.187. The van der Waals surface area contributed by atoms with Crippen molar-refractivity contribution in [2.75, 3.05) is 19.1 Å². The van der Waals surface area contributed by atoms with Crippen LogP contribution in [0.5, 0.6) is 11.5 Å². The number of hydrogen-bond acceptors (Lipinski definition) is 9. The summed E-state index contributed by atoms with van der Waals surface area (Å²) in [5.74, 6) is -2.80. The van der Waals surface area contributed by atoms with Crippen molar-refractivity contribution in [3.63, 3.8) is 0 Å². The van der Waals surface area contributed by atoms with E-state index < -0.39 is 33.6 Å². The van der Waals surface area contributed by atoms with Gasteiger partial charge in [-0.1, -0.05) is 35.5 Å². The van der Waals surface area contributed by atoms with Gasteiger partial charge in [0.05, 0.1) is 12.0 Å². The second kappa shape index (κ2) is 9.11. The number of rotatable bonds is 6. The van der Waals surface area contributed by atoms with Crippen molar-refractivity contribution in [2.24, 2.45) is 0 Å². The number of benzene rings is 2. The number of hydrogen-bond donors (Lipinski definition) is 2. The fourth-order valence-corrected chi connectivity index (χ4v) is 3.14. The predicted molar refractivity (Wildman–Crippen MR) is 117 cm³/mol. The van der Waals surface area contributed by atoms with Crippen molar-refractivity contribution in [3.8, 4) is 28.8 Å². The average molecular weight is 450 g/mol. The summed E-state index contributed by atoms with van der Waals surface area (Å²) in [6.07, 6.45) is 0. The van der Waals surface area contributed by atoms with Gasteiger partial charge in [-0.2, -0.15) is 5.26 Å². The van der Waals surface area contributed by atoms with E-state index in [4.69, 9.17) is 9.26 Å². The zero-order chi connectivity index (χ0) is 24.3. The van der Waals surface area contributed by atoms with Gasteiger partial charge in [-0.25, -0.2) is 0 Å². The zero-order valence-electron chi connectivity index (χ0n) is 17.8. The normalized spacial score (nSPS) is 11.3. The van der Waals surface area contributed by atoms with E-state index in [9.17, 15) is 30.4 Å². The van der Waals surface area contributed by atoms with E-state index >= 15 is 0 Å². The fraction of sp³-hybridized carbons (Fsp3) is 0.136. The number of aliphatic hydroxyl groups is 1. The number of aromatic hydroxyl groups is 1. The Morgan fingerprint density at radius 1 is 1.30 bits per heavy atom. The maximum atomic E-state index is 13.0. The number of nitro groups is 1. The molecule has 0 aliphatic carbocycles. The molecule has 3 aromatic rings. The molecule has 0 unspecified atom stereocenters. The smallest absolute Gasteiger partial charge is 0.315 e. The number of carbonyl (C=O) groups excluding carboxylic acids is 1. The molecule has 0 radical (unpaired) electrons. The molecular formula is C22H18N4O7. The number of phenolic OH excluding ortho intramolecular Hbond substituents is 1. The van der Waals surface area contributed by atoms with Crippen LogP contribution in [0.1, 0.15) is 11.1 Å². The van der Waals surface area contributed by atoms with E-state index in [-0.39, 0.29) is 17.2 Å². The minimum Gasteiger partial charge on any atom is -0.506 e. The van der Waals surface area contributed by atoms with Crippen LogP contribution < -0.4 is 9.64 Å². The second-order valence-corrected chi connectivity index (χ2v) is 6.83. The molecule has 0 aliphatic heterocycles. The highest BCUT2D eigenvalue weighted by atomic mass is 16.6. The highest BCUT2D eigenvalue weighted by Gasteiger charge is 2.28. The van der Waals surface area contributed by atoms with Crippen LogP contribution in [0.4, 0.5) is 11.6 Å². The predicted octanol–water partition coefficient (Wildman–Crippen LogP) is 3.73. The molecule has 1 aromatic heterocycles. The van der Waals surface area contributed by atoms with Crippen molar-refractivity contribution >= 4 is 23.2 Å². The zero-order valence-corrected chi connectivity index (χ0v) is 17.8. The Bertz CT molecular complexity index is 1310. The highest BCUT2D eigenvalue weighted by Crippen LogP contribution is 2.39. The number of methoxy groups -OCH3 is 1. The first-order valence-electron chi connectivity index (χ1n) is 9.40. The molecule has 0 atom stereocenters. The first-order valence-corrected chi connectivity index (χ1v) is 9.40. The lowest BCUT2D eigenvalue weighted by Crippen LogP contribution is -2.28. The van der Waals surface area contributed by atoms with E-state index in [2.05, 4.69) is 5.16 Å². The number of nitro benzene ring substituents is 1. The van der Waals surface area contributed by atoms with Crippen molar-refractivity contribution < 1.29 is 29.2 Å². The molecule has 11 heteroatoms. The molecule has 0 spiro atoms. The molecule has 2 aromatic carbocycles. The average Bonchev–Trinajstić information content (AvgIpc) is 3.20. The Labute approximate surface area is 187 Å². The number of nitrogens with zero attached hydrogens (tertiary/aromatic N) is 4. The summed E-state index contributed by atoms with van der Waals surface area (Å²) < 4.78 is 10.2. The second-order valence-electron chi connectivity index (χ2n) is 6.83. The van der Waals surface area contributed by atoms with Gasteiger partial charge in [-0.05, 0) is 13.0 Å². The maximum absolute atomic E-state index is 13.0. The molecule has 1 heterocycles. The van der Waals surface area contributed by atoms with E-state index in [1.807, 2.05) is 30.3 Å². The third-order valence-corrected chi connectivity index (χ3v) is 4.86. The topological polar surface area (TPSA) is 163 Å². The fourth-order valence-electron chi connectivity index (χ4n) is 3.14. The molecule has 2 N–H and O–H groups in total. The van der Waals surface area contributed by atoms with Crippen LogP contribution in [0.25, 0.3) is 17.0 Å². The minimum absolute atomic E-state index is 0.0497. The van der Waals surface area contributed by atoms with Crippen LogP contribution in [-0.2, 0) is 4.79 Å². The summed E-state index contributed by atoms with van der Waals surface area (Å²) in [6.45, 7) is 1.68. The number of anilines is 1. The first kappa shape index (κ1) is 22.8. The molecule has 0 fully saturated rings. The summed E-state index contributed by atoms with van der Waals surface area (Å²) in [6, 6.07) is 12.6. The Morgan fingerprint density at radius 2 is 1.97 bits per heavy atom. The molecule has 0 saturated carbocycles. The number of aliphatic hydroxyl groups excluding tert-OH is 1. The number of amides is 1. The summed E-state index contributed by atoms with van der Waals surface area (Å²) in [5, 5.41) is 45.3. The molecule has 1 amide bonds. The van der Waals surface area contributed by atoms with Crippen molar-refractivity contribution in [1.29, 1.82) is 5.26 Å². The van der Waals surface area contributed by atoms with Crippen LogP contribution in [0.3, 0.4) is 0 Å². The van der Waals surface area contributed by atoms with Crippen LogP contribution in [0.15, 0.2) is 52.6 Å². The van der Waals surface area contributed by atoms with E-state index in [1.165, 1.54) is 7.05 Å². The number of nitriles is 1. The summed E-state index contributed by atoms with van der Waals surface area (Å²) in [5.41, 5.74) is 0.0259. The summed E-state index contributed by atoms with van der Waals surface area (Å²) in [7, 11) is 2.49. The Kier molecular flexibility index (Phi) is 6.30. The summed E-state index contributed by atoms with van der Waals surface area (Å²) >= 11 is 0. The first-order chi connectivity index (χ1) is 15.7. The largest absolute Gasteiger partial charge is 0.506 e. The molecule has 0 bridgehead atoms. The Morgan fingerprint density at radius 3 is 2.55 bits per heavy atom. The number of likely N-dealkylation sites (N-methyl/N-ethyl adjacent to an activating group) is 1. The SMILES string of the molecule is COc1cc(/C(O)=C(\C#N)C(=O)N(C)c2onc(-c3ccccc3)c2C)cc([N+](=O)[O-])c1O. The van der Waals surface area contributed by atoms with Gasteiger partial charge in [0.25, 0.3) is 5.91 Å². The van der Waals surface area contributed by atoms with E-state index in [0.29, 0.717) is 11.3 Å². The molecule has 11 nitrogen and oxygen atoms in total. The third kappa shape index (κ3) is 4.17. The molecular weight excluding hydrogens is 432 g/mol. The number of carbonyl (C=O) groups is 1. The van der Waals surface area contributed by atoms with Gasteiger partial charge in [0.2, 0.25) is 11.6 Å². The Hall–Kier alpha value is -4.85. The lowest BCUT2D eigenvalue weighted by atomic mass is 10.1. The minimum atomic E-state index is -0.941. The lowest BCUT2D eigenvalue weighted by molar-refractivity contribution is -0.386. The standard InChI is InChI=1S/C22H18N4O7/c1-12-18(13-7-5-4-6-8-13)24-33-22(12)25(2)21(29)15(11-23)19(27)14-9-16(26(30)31)20(28)17(10-14)32-3/h4-10,27-28H,1-3H3/b19-15-. The van der Waals surface area contributed by atoms with Gasteiger partial charge in [-0.3, -0.25) is 19.8 Å². The molecule has 33 heavy (non-hydrogen) atoms. The van der Waals surface area contributed by atoms with Crippen molar-refractivity contribution in [3.05, 3.63) is 69.3 Å².